The Balaban J connectivity index is 3.96. The van der Waals surface area contributed by atoms with Gasteiger partial charge in [-0.05, 0) is 83.5 Å². The first-order chi connectivity index (χ1) is 27.7. The summed E-state index contributed by atoms with van der Waals surface area (Å²) < 4.78 is 26.4. The van der Waals surface area contributed by atoms with E-state index >= 15 is 0 Å². The van der Waals surface area contributed by atoms with Crippen molar-refractivity contribution in [2.75, 3.05) is 13.2 Å². The smallest absolute Gasteiger partial charge is 0.462 e. The number of phosphoric ester groups is 1. The molecule has 0 fully saturated rings. The van der Waals surface area contributed by atoms with Crippen molar-refractivity contribution < 1.29 is 43.0 Å². The highest BCUT2D eigenvalue weighted by Crippen LogP contribution is 2.36. The zero-order valence-electron chi connectivity index (χ0n) is 36.1. The molecule has 57 heavy (non-hydrogen) atoms. The summed E-state index contributed by atoms with van der Waals surface area (Å²) in [4.78, 5) is 42.9. The second-order valence-corrected chi connectivity index (χ2v) is 16.4. The van der Waals surface area contributed by atoms with Gasteiger partial charge in [0.15, 0.2) is 6.10 Å². The van der Waals surface area contributed by atoms with Crippen LogP contribution in [-0.4, -0.2) is 52.3 Å². The number of esters is 2. The van der Waals surface area contributed by atoms with Gasteiger partial charge in [0.25, 0.3) is 0 Å². The third-order valence-electron chi connectivity index (χ3n) is 9.67. The number of ether oxygens (including phenoxy) is 2. The minimum Gasteiger partial charge on any atom is -0.462 e. The quantitative estimate of drug-likeness (QED) is 0.0238. The number of carbonyl (C=O) groups excluding carboxylic acids is 2. The second kappa shape index (κ2) is 41.9. The van der Waals surface area contributed by atoms with Crippen LogP contribution in [0.25, 0.3) is 0 Å². The minimum atomic E-state index is -4.78. The van der Waals surface area contributed by atoms with Gasteiger partial charge in [-0.15, -0.1) is 0 Å². The molecule has 330 valence electrons. The molecule has 0 bridgehead atoms. The summed E-state index contributed by atoms with van der Waals surface area (Å²) in [6.45, 7) is 3.37. The maximum Gasteiger partial charge on any atom is 0.469 e. The highest BCUT2D eigenvalue weighted by atomic mass is 31.2. The van der Waals surface area contributed by atoms with E-state index in [1.54, 1.807) is 0 Å². The van der Waals surface area contributed by atoms with Crippen molar-refractivity contribution in [3.8, 4) is 0 Å². The Morgan fingerprint density at radius 1 is 0.526 bits per heavy atom. The van der Waals surface area contributed by atoms with Crippen molar-refractivity contribution in [3.63, 3.8) is 0 Å². The van der Waals surface area contributed by atoms with Gasteiger partial charge in [-0.25, -0.2) is 4.57 Å². The van der Waals surface area contributed by atoms with E-state index in [4.69, 9.17) is 19.3 Å². The van der Waals surface area contributed by atoms with E-state index in [1.807, 2.05) is 19.1 Å². The van der Waals surface area contributed by atoms with Gasteiger partial charge in [-0.2, -0.15) is 0 Å². The Hall–Kier alpha value is -2.29. The van der Waals surface area contributed by atoms with Crippen LogP contribution < -0.4 is 0 Å². The number of aliphatic hydroxyl groups is 1. The predicted molar refractivity (Wildman–Crippen MR) is 236 cm³/mol. The van der Waals surface area contributed by atoms with Crippen molar-refractivity contribution in [1.29, 1.82) is 0 Å². The second-order valence-electron chi connectivity index (χ2n) is 15.2. The first-order valence-corrected chi connectivity index (χ1v) is 24.2. The molecule has 0 saturated heterocycles. The molecule has 9 nitrogen and oxygen atoms in total. The summed E-state index contributed by atoms with van der Waals surface area (Å²) in [7, 11) is -4.78. The van der Waals surface area contributed by atoms with Gasteiger partial charge in [-0.1, -0.05) is 164 Å². The molecule has 0 aliphatic carbocycles. The van der Waals surface area contributed by atoms with E-state index in [0.29, 0.717) is 19.3 Å². The van der Waals surface area contributed by atoms with Gasteiger partial charge >= 0.3 is 19.8 Å². The van der Waals surface area contributed by atoms with Crippen LogP contribution in [0.15, 0.2) is 60.8 Å². The van der Waals surface area contributed by atoms with Crippen LogP contribution in [0.3, 0.4) is 0 Å². The number of hydrogen-bond acceptors (Lipinski definition) is 7. The van der Waals surface area contributed by atoms with Crippen LogP contribution in [0.2, 0.25) is 0 Å². The van der Waals surface area contributed by atoms with Crippen LogP contribution in [0.5, 0.6) is 0 Å². The van der Waals surface area contributed by atoms with Crippen LogP contribution >= 0.6 is 7.82 Å². The van der Waals surface area contributed by atoms with E-state index in [-0.39, 0.29) is 25.6 Å². The molecule has 0 aromatic rings. The van der Waals surface area contributed by atoms with E-state index in [1.165, 1.54) is 96.3 Å². The Morgan fingerprint density at radius 2 is 0.947 bits per heavy atom. The van der Waals surface area contributed by atoms with Crippen LogP contribution in [0, 0.1) is 0 Å². The first-order valence-electron chi connectivity index (χ1n) is 22.7. The number of phosphoric acid groups is 1. The van der Waals surface area contributed by atoms with Crippen molar-refractivity contribution in [1.82, 2.24) is 0 Å². The average Bonchev–Trinajstić information content (AvgIpc) is 3.18. The Labute approximate surface area is 348 Å². The number of carbonyl (C=O) groups is 2. The lowest BCUT2D eigenvalue weighted by Gasteiger charge is -2.18. The average molecular weight is 823 g/mol. The Morgan fingerprint density at radius 3 is 1.46 bits per heavy atom. The van der Waals surface area contributed by atoms with Crippen LogP contribution in [0.1, 0.15) is 200 Å². The third-order valence-corrected chi connectivity index (χ3v) is 10.2. The molecule has 0 aromatic heterocycles. The molecule has 0 aliphatic heterocycles. The van der Waals surface area contributed by atoms with Crippen molar-refractivity contribution in [3.05, 3.63) is 60.8 Å². The highest BCUT2D eigenvalue weighted by Gasteiger charge is 2.22. The molecule has 2 atom stereocenters. The largest absolute Gasteiger partial charge is 0.469 e. The number of hydrogen-bond donors (Lipinski definition) is 3. The molecule has 0 unspecified atom stereocenters. The fourth-order valence-corrected chi connectivity index (χ4v) is 6.47. The molecule has 0 heterocycles. The molecule has 0 aromatic carbocycles. The molecule has 0 amide bonds. The van der Waals surface area contributed by atoms with Crippen molar-refractivity contribution in [2.24, 2.45) is 0 Å². The highest BCUT2D eigenvalue weighted by molar-refractivity contribution is 7.46. The Kier molecular flexibility index (Phi) is 40.2. The summed E-state index contributed by atoms with van der Waals surface area (Å²) in [5.74, 6) is -0.969. The SMILES string of the molecule is CCCCCCCC/C=C\CCCCCCCCCCCCCC(=O)OC[C@H](COP(=O)(O)O)OC(=O)CCC/C=C\C/C=C\C/C=C\C/C=C\CC[C@H](O)CC. The summed E-state index contributed by atoms with van der Waals surface area (Å²) >= 11 is 0. The maximum absolute atomic E-state index is 12.4. The van der Waals surface area contributed by atoms with E-state index < -0.39 is 32.5 Å². The van der Waals surface area contributed by atoms with Gasteiger partial charge in [0, 0.05) is 12.8 Å². The molecule has 0 aliphatic rings. The molecule has 10 heteroatoms. The summed E-state index contributed by atoms with van der Waals surface area (Å²) in [6, 6.07) is 0. The maximum atomic E-state index is 12.4. The molecular weight excluding hydrogens is 739 g/mol. The summed E-state index contributed by atoms with van der Waals surface area (Å²) in [5, 5.41) is 9.55. The normalized spacial score (nSPS) is 13.6. The fourth-order valence-electron chi connectivity index (χ4n) is 6.11. The monoisotopic (exact) mass is 823 g/mol. The first kappa shape index (κ1) is 54.7. The standard InChI is InChI=1S/C47H83O9P/c1-3-5-6-7-8-9-10-11-12-13-14-15-16-17-18-22-25-28-31-34-37-40-46(49)54-42-45(43-55-57(51,52)53)56-47(50)41-38-35-32-29-26-23-20-19-21-24-27-30-33-36-39-44(48)4-2/h11-12,20-21,23-24,29-30,32-33,44-45,48H,3-10,13-19,22,25-28,31,34-43H2,1-2H3,(H2,51,52,53)/b12-11-,23-20-,24-21-,32-29-,33-30-/t44-,45-/m1/s1. The Bertz CT molecular complexity index is 1120. The zero-order valence-corrected chi connectivity index (χ0v) is 37.0. The molecular formula is C47H83O9P. The van der Waals surface area contributed by atoms with Crippen molar-refractivity contribution in [2.45, 2.75) is 212 Å². The molecule has 0 rings (SSSR count). The predicted octanol–water partition coefficient (Wildman–Crippen LogP) is 13.0. The lowest BCUT2D eigenvalue weighted by Crippen LogP contribution is -2.29. The number of allylic oxidation sites excluding steroid dienone is 10. The van der Waals surface area contributed by atoms with E-state index in [2.05, 4.69) is 60.1 Å². The number of aliphatic hydroxyl groups excluding tert-OH is 1. The zero-order chi connectivity index (χ0) is 41.9. The summed E-state index contributed by atoms with van der Waals surface area (Å²) in [5.41, 5.74) is 0. The van der Waals surface area contributed by atoms with Gasteiger partial charge in [0.2, 0.25) is 0 Å². The van der Waals surface area contributed by atoms with Gasteiger partial charge in [0.1, 0.15) is 6.61 Å². The number of rotatable bonds is 41. The summed E-state index contributed by atoms with van der Waals surface area (Å²) in [6.07, 6.45) is 50.4. The topological polar surface area (TPSA) is 140 Å². The van der Waals surface area contributed by atoms with Gasteiger partial charge < -0.3 is 24.4 Å². The lowest BCUT2D eigenvalue weighted by atomic mass is 10.0. The van der Waals surface area contributed by atoms with E-state index in [0.717, 1.165) is 57.8 Å². The molecule has 0 saturated carbocycles. The lowest BCUT2D eigenvalue weighted by molar-refractivity contribution is -0.161. The van der Waals surface area contributed by atoms with Gasteiger partial charge in [0.05, 0.1) is 12.7 Å². The molecule has 3 N–H and O–H groups in total. The van der Waals surface area contributed by atoms with Crippen molar-refractivity contribution >= 4 is 19.8 Å². The fraction of sp³-hybridized carbons (Fsp3) is 0.745. The van der Waals surface area contributed by atoms with Crippen LogP contribution in [0.4, 0.5) is 0 Å². The molecule has 0 spiro atoms. The van der Waals surface area contributed by atoms with Crippen LogP contribution in [-0.2, 0) is 28.2 Å². The number of unbranched alkanes of at least 4 members (excludes halogenated alkanes) is 18. The van der Waals surface area contributed by atoms with E-state index in [9.17, 15) is 19.3 Å². The molecule has 0 radical (unpaired) electrons. The van der Waals surface area contributed by atoms with Gasteiger partial charge in [-0.3, -0.25) is 14.1 Å². The third kappa shape index (κ3) is 44.7. The minimum absolute atomic E-state index is 0.121.